The molecule has 676 valence electrons. The van der Waals surface area contributed by atoms with Crippen LogP contribution in [0.15, 0.2) is 240 Å². The second-order valence-electron chi connectivity index (χ2n) is 34.6. The summed E-state index contributed by atoms with van der Waals surface area (Å²) in [6, 6.07) is 58.3. The van der Waals surface area contributed by atoms with Gasteiger partial charge in [-0.05, 0) is 226 Å². The van der Waals surface area contributed by atoms with Gasteiger partial charge in [0.2, 0.25) is 58.0 Å². The first-order valence-electron chi connectivity index (χ1n) is 44.1. The number of rotatable bonds is 16. The third-order valence-corrected chi connectivity index (χ3v) is 25.6. The summed E-state index contributed by atoms with van der Waals surface area (Å²) in [5, 5.41) is 39.6. The van der Waals surface area contributed by atoms with Crippen molar-refractivity contribution in [1.29, 1.82) is 0 Å². The Morgan fingerprint density at radius 3 is 1.05 bits per heavy atom. The van der Waals surface area contributed by atoms with Gasteiger partial charge in [-0.15, -0.1) is 0 Å². The average Bonchev–Trinajstić information content (AvgIpc) is 1.61. The van der Waals surface area contributed by atoms with Crippen molar-refractivity contribution in [1.82, 2.24) is 69.6 Å². The Morgan fingerprint density at radius 2 is 0.710 bits per heavy atom. The van der Waals surface area contributed by atoms with E-state index in [1.807, 2.05) is 194 Å². The summed E-state index contributed by atoms with van der Waals surface area (Å²) in [7, 11) is 6.65. The maximum Gasteiger partial charge on any atom is 0.306 e. The summed E-state index contributed by atoms with van der Waals surface area (Å²) in [4.78, 5) is 135. The fourth-order valence-electron chi connectivity index (χ4n) is 17.2. The summed E-state index contributed by atoms with van der Waals surface area (Å²) in [6.45, 7) is 8.14. The Bertz CT molecular complexity index is 6480. The first kappa shape index (κ1) is 91.9. The predicted molar refractivity (Wildman–Crippen MR) is 509 cm³/mol. The molecule has 8 atom stereocenters. The number of nitrogens with one attached hydrogen (secondary N) is 5. The third kappa shape index (κ3) is 21.2. The SMILES string of the molecule is CN.Cc1ccccc1C1NC(=O)C[C@@H]1N.Cc1ccccc1C1NC(=O)C[C@@H]1NC(=O)C1CC1.Cc1ccccc1[C@@H]1[C@@H](NC(=O)C2CC2)CC(=O)N1c1ccc2c(cnn2-c2ccc(=O)n(C)c2)c1.Cc1ccccc1[C@H]1[C@H](NC(=O)C2CC2)CC(=O)N1c1ccc2c(cnn2-c2ccc(=O)n(C)c2)c1.Cn1cc(-n2ncc3cc(I)ccc32)ccc1=O.O=C(O)C1CC1. The van der Waals surface area contributed by atoms with Crippen molar-refractivity contribution in [3.05, 3.63) is 304 Å². The largest absolute Gasteiger partial charge is 0.481 e. The molecule has 0 radical (unpaired) electrons. The zero-order chi connectivity index (χ0) is 92.7. The molecular formula is C100H107IN18O12. The quantitative estimate of drug-likeness (QED) is 0.0417. The lowest BCUT2D eigenvalue weighted by atomic mass is 9.95. The number of hydrogen-bond donors (Lipinski definition) is 8. The van der Waals surface area contributed by atoms with Crippen LogP contribution in [0.25, 0.3) is 49.8 Å². The van der Waals surface area contributed by atoms with Crippen LogP contribution in [0.1, 0.15) is 146 Å². The molecule has 2 unspecified atom stereocenters. The minimum atomic E-state index is -0.630. The zero-order valence-corrected chi connectivity index (χ0v) is 76.3. The molecule has 4 aliphatic heterocycles. The van der Waals surface area contributed by atoms with Gasteiger partial charge in [0.15, 0.2) is 0 Å². The highest BCUT2D eigenvalue weighted by atomic mass is 127. The normalized spacial score (nSPS) is 19.9. The number of carbonyl (C=O) groups excluding carboxylic acids is 7. The molecule has 31 heteroatoms. The molecule has 0 bridgehead atoms. The maximum absolute atomic E-state index is 13.4. The van der Waals surface area contributed by atoms with E-state index in [1.165, 1.54) is 37.4 Å². The van der Waals surface area contributed by atoms with E-state index in [0.29, 0.717) is 12.8 Å². The van der Waals surface area contributed by atoms with Gasteiger partial charge in [-0.25, -0.2) is 14.0 Å². The number of benzene rings is 7. The second kappa shape index (κ2) is 40.1. The number of carboxylic acids is 1. The monoisotopic (exact) mass is 1880 g/mol. The molecule has 4 aliphatic carbocycles. The topological polar surface area (TPSA) is 395 Å². The molecule has 30 nitrogen and oxygen atoms in total. The van der Waals surface area contributed by atoms with E-state index in [2.05, 4.69) is 76.3 Å². The molecule has 10 heterocycles. The third-order valence-electron chi connectivity index (χ3n) is 24.9. The average molecular weight is 1880 g/mol. The number of amides is 7. The van der Waals surface area contributed by atoms with Crippen LogP contribution in [0.5, 0.6) is 0 Å². The van der Waals surface area contributed by atoms with E-state index >= 15 is 0 Å². The standard InChI is InChI=1S/2C28H27N5O3.C15H18N2O2.C13H10IN3O.C11H14N2O.C4H6O2.CH5N/c2*1-17-5-3-4-6-22(17)27-23(30-28(36)18-7-8-18)14-26(35)32(27)20-9-11-24-19(13-20)15-29-33(24)21-10-12-25(34)31(2)16-21;1-9-4-2-3-5-11(9)14-12(8-13(18)17-14)16-15(19)10-6-7-10;1-16-8-11(3-5-13(16)18)17-12-4-2-10(14)6-9(12)7-15-17;1-7-4-2-3-5-8(7)11-9(12)6-10(14)13-11;5-4(6)3-1-2-3;1-2/h2*3-6,9-13,15-16,18,23,27H,7-8,14H2,1-2H3,(H,30,36);2-5,10,12,14H,6-8H2,1H3,(H,16,19)(H,17,18);2-8H,1H3;2-5,9,11H,6,12H2,1H3,(H,13,14);3H,1-2H2,(H,5,6);2H2,1H3/t2*23-,27+;12-,14?;;9-,11?;;/m100.0../s1. The molecule has 10 N–H and O–H groups in total. The van der Waals surface area contributed by atoms with Gasteiger partial charge in [0.05, 0.1) is 100 Å². The van der Waals surface area contributed by atoms with Crippen LogP contribution >= 0.6 is 22.6 Å². The Hall–Kier alpha value is -13.8. The summed E-state index contributed by atoms with van der Waals surface area (Å²) >= 11 is 2.28. The lowest BCUT2D eigenvalue weighted by molar-refractivity contribution is -0.138. The van der Waals surface area contributed by atoms with Crippen LogP contribution in [-0.2, 0) is 59.5 Å². The molecule has 4 saturated heterocycles. The number of aliphatic carboxylic acids is 1. The molecule has 8 aliphatic rings. The van der Waals surface area contributed by atoms with E-state index in [-0.39, 0.29) is 143 Å². The molecule has 8 fully saturated rings. The maximum atomic E-state index is 13.4. The summed E-state index contributed by atoms with van der Waals surface area (Å²) in [5.74, 6) is -0.0844. The van der Waals surface area contributed by atoms with Crippen LogP contribution in [-0.4, -0.2) is 127 Å². The van der Waals surface area contributed by atoms with Gasteiger partial charge in [-0.2, -0.15) is 15.3 Å². The van der Waals surface area contributed by atoms with Crippen molar-refractivity contribution >= 4 is 114 Å². The number of halogens is 1. The number of aromatic nitrogens is 9. The van der Waals surface area contributed by atoms with Crippen molar-refractivity contribution < 1.29 is 43.5 Å². The molecule has 131 heavy (non-hydrogen) atoms. The number of anilines is 2. The van der Waals surface area contributed by atoms with Gasteiger partial charge in [-0.3, -0.25) is 52.7 Å². The molecule has 7 amide bonds. The number of fused-ring (bicyclic) bond motifs is 3. The number of nitrogens with zero attached hydrogens (tertiary/aromatic N) is 11. The first-order valence-corrected chi connectivity index (χ1v) is 45.2. The van der Waals surface area contributed by atoms with E-state index in [4.69, 9.17) is 10.8 Å². The molecular weight excluding hydrogens is 1770 g/mol. The fraction of sp³-hybridized carbons (Fsp3) is 0.320. The van der Waals surface area contributed by atoms with Crippen molar-refractivity contribution in [2.75, 3.05) is 16.8 Å². The smallest absolute Gasteiger partial charge is 0.306 e. The summed E-state index contributed by atoms with van der Waals surface area (Å²) < 4.78 is 11.2. The first-order chi connectivity index (χ1) is 63.1. The number of carbonyl (C=O) groups is 8. The Labute approximate surface area is 769 Å². The van der Waals surface area contributed by atoms with Gasteiger partial charge in [-0.1, -0.05) is 97.1 Å². The predicted octanol–water partition coefficient (Wildman–Crippen LogP) is 11.5. The van der Waals surface area contributed by atoms with Gasteiger partial charge < -0.3 is 66.7 Å². The fourth-order valence-corrected chi connectivity index (χ4v) is 17.7. The van der Waals surface area contributed by atoms with E-state index in [1.54, 1.807) is 90.3 Å². The molecule has 13 aromatic rings. The Morgan fingerprint density at radius 1 is 0.389 bits per heavy atom. The molecule has 4 saturated carbocycles. The van der Waals surface area contributed by atoms with Crippen molar-refractivity contribution in [2.24, 2.45) is 56.3 Å². The van der Waals surface area contributed by atoms with Crippen molar-refractivity contribution in [3.63, 3.8) is 0 Å². The minimum absolute atomic E-state index is 0.00866. The summed E-state index contributed by atoms with van der Waals surface area (Å²) in [5.41, 5.74) is 25.7. The lowest BCUT2D eigenvalue weighted by Gasteiger charge is -2.30. The molecule has 6 aromatic heterocycles. The second-order valence-corrected chi connectivity index (χ2v) is 35.8. The van der Waals surface area contributed by atoms with Crippen LogP contribution in [0.2, 0.25) is 0 Å². The highest BCUT2D eigenvalue weighted by Gasteiger charge is 2.47. The number of aryl methyl sites for hydroxylation is 7. The van der Waals surface area contributed by atoms with E-state index in [9.17, 15) is 52.7 Å². The number of hydrogen-bond acceptors (Lipinski definition) is 16. The van der Waals surface area contributed by atoms with Crippen LogP contribution in [0, 0.1) is 54.9 Å². The van der Waals surface area contributed by atoms with Crippen molar-refractivity contribution in [3.8, 4) is 17.1 Å². The Balaban J connectivity index is 0.000000128. The van der Waals surface area contributed by atoms with Crippen molar-refractivity contribution in [2.45, 2.75) is 153 Å². The van der Waals surface area contributed by atoms with Crippen LogP contribution in [0.4, 0.5) is 11.4 Å². The molecule has 21 rings (SSSR count). The zero-order valence-electron chi connectivity index (χ0n) is 74.2. The minimum Gasteiger partial charge on any atom is -0.481 e. The highest BCUT2D eigenvalue weighted by molar-refractivity contribution is 14.1. The summed E-state index contributed by atoms with van der Waals surface area (Å²) in [6.07, 6.45) is 19.4. The van der Waals surface area contributed by atoms with E-state index in [0.717, 1.165) is 151 Å². The van der Waals surface area contributed by atoms with E-state index < -0.39 is 5.97 Å². The highest BCUT2D eigenvalue weighted by Crippen LogP contribution is 2.44. The number of pyridine rings is 3. The Kier molecular flexibility index (Phi) is 28.1. The van der Waals surface area contributed by atoms with Crippen LogP contribution < -0.4 is 64.5 Å². The van der Waals surface area contributed by atoms with Gasteiger partial charge in [0.1, 0.15) is 0 Å². The van der Waals surface area contributed by atoms with Gasteiger partial charge in [0, 0.05) is 139 Å². The lowest BCUT2D eigenvalue weighted by Crippen LogP contribution is -2.40. The molecule has 7 aromatic carbocycles. The number of nitrogens with two attached hydrogens (primary N) is 2. The van der Waals surface area contributed by atoms with Gasteiger partial charge in [0.25, 0.3) is 0 Å². The van der Waals surface area contributed by atoms with Crippen LogP contribution in [0.3, 0.4) is 0 Å². The van der Waals surface area contributed by atoms with Gasteiger partial charge >= 0.3 is 5.97 Å². The molecule has 0 spiro atoms. The number of carboxylic acid groups (broad SMARTS) is 1.